The third-order valence-electron chi connectivity index (χ3n) is 3.46. The van der Waals surface area contributed by atoms with Crippen molar-refractivity contribution in [3.63, 3.8) is 0 Å². The number of nitro groups is 1. The highest BCUT2D eigenvalue weighted by molar-refractivity contribution is 6.04. The van der Waals surface area contributed by atoms with E-state index in [4.69, 9.17) is 0 Å². The van der Waals surface area contributed by atoms with E-state index in [1.807, 2.05) is 13.0 Å². The molecule has 0 N–H and O–H groups in total. The molecule has 1 aromatic heterocycles. The van der Waals surface area contributed by atoms with Crippen LogP contribution in [-0.4, -0.2) is 15.4 Å². The first-order valence-corrected chi connectivity index (χ1v) is 6.44. The van der Waals surface area contributed by atoms with Gasteiger partial charge in [0.1, 0.15) is 0 Å². The van der Waals surface area contributed by atoms with Crippen LogP contribution < -0.4 is 0 Å². The number of non-ortho nitro benzene ring substituents is 1. The molecule has 3 aromatic rings. The summed E-state index contributed by atoms with van der Waals surface area (Å²) in [6.07, 6.45) is 1.58. The molecule has 0 fully saturated rings. The van der Waals surface area contributed by atoms with Gasteiger partial charge in [0.15, 0.2) is 0 Å². The lowest BCUT2D eigenvalue weighted by atomic mass is 10.1. The summed E-state index contributed by atoms with van der Waals surface area (Å²) in [7, 11) is 0. The predicted octanol–water partition coefficient (Wildman–Crippen LogP) is 3.55. The minimum atomic E-state index is -0.431. The maximum atomic E-state index is 12.5. The first-order valence-electron chi connectivity index (χ1n) is 6.44. The molecular formula is C16H12N2O3. The zero-order valence-electron chi connectivity index (χ0n) is 11.3. The second-order valence-electron chi connectivity index (χ2n) is 4.78. The molecule has 104 valence electrons. The van der Waals surface area contributed by atoms with Crippen LogP contribution in [0.15, 0.2) is 54.7 Å². The lowest BCUT2D eigenvalue weighted by Crippen LogP contribution is -2.11. The van der Waals surface area contributed by atoms with Gasteiger partial charge in [-0.2, -0.15) is 0 Å². The molecule has 0 saturated carbocycles. The lowest BCUT2D eigenvalue weighted by molar-refractivity contribution is -0.383. The molecule has 0 unspecified atom stereocenters. The van der Waals surface area contributed by atoms with Crippen LogP contribution in [0.25, 0.3) is 10.9 Å². The lowest BCUT2D eigenvalue weighted by Gasteiger charge is -2.06. The Morgan fingerprint density at radius 1 is 1.10 bits per heavy atom. The summed E-state index contributed by atoms with van der Waals surface area (Å²) < 4.78 is 1.47. The number of rotatable bonds is 2. The minimum absolute atomic E-state index is 0.00946. The van der Waals surface area contributed by atoms with Gasteiger partial charge in [-0.15, -0.1) is 0 Å². The van der Waals surface area contributed by atoms with E-state index in [0.717, 1.165) is 5.56 Å². The Morgan fingerprint density at radius 3 is 2.48 bits per heavy atom. The van der Waals surface area contributed by atoms with Gasteiger partial charge in [-0.3, -0.25) is 19.5 Å². The molecule has 21 heavy (non-hydrogen) atoms. The summed E-state index contributed by atoms with van der Waals surface area (Å²) in [6.45, 7) is 1.83. The Labute approximate surface area is 120 Å². The van der Waals surface area contributed by atoms with Crippen LogP contribution in [0.2, 0.25) is 0 Å². The quantitative estimate of drug-likeness (QED) is 0.532. The van der Waals surface area contributed by atoms with Crippen LogP contribution in [0.5, 0.6) is 0 Å². The van der Waals surface area contributed by atoms with Gasteiger partial charge in [0.2, 0.25) is 0 Å². The number of aromatic nitrogens is 1. The van der Waals surface area contributed by atoms with E-state index in [1.54, 1.807) is 42.6 Å². The summed E-state index contributed by atoms with van der Waals surface area (Å²) in [5, 5.41) is 11.6. The molecule has 0 spiro atoms. The summed E-state index contributed by atoms with van der Waals surface area (Å²) in [4.78, 5) is 23.2. The largest absolute Gasteiger partial charge is 0.283 e. The van der Waals surface area contributed by atoms with Crippen molar-refractivity contribution < 1.29 is 9.72 Å². The molecule has 0 amide bonds. The molecular weight excluding hydrogens is 268 g/mol. The SMILES string of the molecule is Cc1ccc([N+](=O)[O-])c2ccn(C(=O)c3ccccc3)c12. The number of hydrogen-bond donors (Lipinski definition) is 0. The van der Waals surface area contributed by atoms with Crippen molar-refractivity contribution in [3.05, 3.63) is 76.0 Å². The van der Waals surface area contributed by atoms with Gasteiger partial charge in [-0.25, -0.2) is 0 Å². The van der Waals surface area contributed by atoms with Crippen LogP contribution in [-0.2, 0) is 0 Å². The third-order valence-corrected chi connectivity index (χ3v) is 3.46. The number of aryl methyl sites for hydroxylation is 1. The van der Waals surface area contributed by atoms with Gasteiger partial charge in [0, 0.05) is 17.8 Å². The predicted molar refractivity (Wildman–Crippen MR) is 79.5 cm³/mol. The van der Waals surface area contributed by atoms with Crippen molar-refractivity contribution >= 4 is 22.5 Å². The fourth-order valence-corrected chi connectivity index (χ4v) is 2.46. The first kappa shape index (κ1) is 13.1. The summed E-state index contributed by atoms with van der Waals surface area (Å²) >= 11 is 0. The van der Waals surface area contributed by atoms with Crippen LogP contribution in [0.1, 0.15) is 15.9 Å². The van der Waals surface area contributed by atoms with Crippen LogP contribution in [0.4, 0.5) is 5.69 Å². The van der Waals surface area contributed by atoms with Crippen molar-refractivity contribution in [2.75, 3.05) is 0 Å². The molecule has 5 nitrogen and oxygen atoms in total. The molecule has 1 heterocycles. The van der Waals surface area contributed by atoms with E-state index in [-0.39, 0.29) is 11.6 Å². The van der Waals surface area contributed by atoms with E-state index in [9.17, 15) is 14.9 Å². The number of benzene rings is 2. The molecule has 5 heteroatoms. The van der Waals surface area contributed by atoms with Gasteiger partial charge in [-0.05, 0) is 30.7 Å². The average Bonchev–Trinajstić information content (AvgIpc) is 2.93. The normalized spacial score (nSPS) is 10.7. The number of nitrogens with zero attached hydrogens (tertiary/aromatic N) is 2. The van der Waals surface area contributed by atoms with Crippen molar-refractivity contribution in [1.29, 1.82) is 0 Å². The van der Waals surface area contributed by atoms with E-state index < -0.39 is 4.92 Å². The van der Waals surface area contributed by atoms with E-state index >= 15 is 0 Å². The Hall–Kier alpha value is -2.95. The van der Waals surface area contributed by atoms with E-state index in [2.05, 4.69) is 0 Å². The fraction of sp³-hybridized carbons (Fsp3) is 0.0625. The molecule has 0 saturated heterocycles. The highest BCUT2D eigenvalue weighted by atomic mass is 16.6. The monoisotopic (exact) mass is 280 g/mol. The Kier molecular flexibility index (Phi) is 3.02. The van der Waals surface area contributed by atoms with Crippen LogP contribution in [0.3, 0.4) is 0 Å². The Balaban J connectivity index is 2.24. The molecule has 0 aliphatic heterocycles. The smallest absolute Gasteiger partial charge is 0.278 e. The number of hydrogen-bond acceptors (Lipinski definition) is 3. The summed E-state index contributed by atoms with van der Waals surface area (Å²) in [6, 6.07) is 13.6. The molecule has 2 aromatic carbocycles. The zero-order chi connectivity index (χ0) is 15.0. The minimum Gasteiger partial charge on any atom is -0.283 e. The third kappa shape index (κ3) is 2.08. The highest BCUT2D eigenvalue weighted by Gasteiger charge is 2.19. The van der Waals surface area contributed by atoms with Gasteiger partial charge in [0.05, 0.1) is 15.8 Å². The van der Waals surface area contributed by atoms with E-state index in [1.165, 1.54) is 10.6 Å². The molecule has 0 aliphatic carbocycles. The van der Waals surface area contributed by atoms with Crippen molar-refractivity contribution in [2.24, 2.45) is 0 Å². The number of carbonyl (C=O) groups excluding carboxylic acids is 1. The summed E-state index contributed by atoms with van der Waals surface area (Å²) in [5.74, 6) is -0.200. The molecule has 0 bridgehead atoms. The second-order valence-corrected chi connectivity index (χ2v) is 4.78. The van der Waals surface area contributed by atoms with E-state index in [0.29, 0.717) is 16.5 Å². The molecule has 0 radical (unpaired) electrons. The average molecular weight is 280 g/mol. The zero-order valence-corrected chi connectivity index (χ0v) is 11.3. The maximum absolute atomic E-state index is 12.5. The van der Waals surface area contributed by atoms with Gasteiger partial charge >= 0.3 is 0 Å². The number of fused-ring (bicyclic) bond motifs is 1. The number of carbonyl (C=O) groups is 1. The topological polar surface area (TPSA) is 65.1 Å². The standard InChI is InChI=1S/C16H12N2O3/c1-11-7-8-14(18(20)21)13-9-10-17(15(11)13)16(19)12-5-3-2-4-6-12/h2-10H,1H3. The van der Waals surface area contributed by atoms with Gasteiger partial charge in [-0.1, -0.05) is 24.3 Å². The number of nitro benzene ring substituents is 1. The summed E-state index contributed by atoms with van der Waals surface area (Å²) in [5.41, 5.74) is 1.96. The van der Waals surface area contributed by atoms with Crippen molar-refractivity contribution in [1.82, 2.24) is 4.57 Å². The Bertz CT molecular complexity index is 851. The van der Waals surface area contributed by atoms with Crippen molar-refractivity contribution in [3.8, 4) is 0 Å². The van der Waals surface area contributed by atoms with Crippen molar-refractivity contribution in [2.45, 2.75) is 6.92 Å². The molecule has 3 rings (SSSR count). The Morgan fingerprint density at radius 2 is 1.81 bits per heavy atom. The van der Waals surface area contributed by atoms with Gasteiger partial charge in [0.25, 0.3) is 11.6 Å². The van der Waals surface area contributed by atoms with Gasteiger partial charge < -0.3 is 0 Å². The highest BCUT2D eigenvalue weighted by Crippen LogP contribution is 2.29. The molecule has 0 aliphatic rings. The van der Waals surface area contributed by atoms with Crippen LogP contribution >= 0.6 is 0 Å². The maximum Gasteiger partial charge on any atom is 0.278 e. The second kappa shape index (κ2) is 4.86. The first-order chi connectivity index (χ1) is 10.1. The molecule has 0 atom stereocenters. The fourth-order valence-electron chi connectivity index (χ4n) is 2.46. The van der Waals surface area contributed by atoms with Crippen LogP contribution in [0, 0.1) is 17.0 Å².